The molecule has 0 radical (unpaired) electrons. The van der Waals surface area contributed by atoms with Gasteiger partial charge in [-0.15, -0.1) is 0 Å². The number of furan rings is 1. The van der Waals surface area contributed by atoms with E-state index >= 15 is 0 Å². The molecule has 0 bridgehead atoms. The van der Waals surface area contributed by atoms with E-state index in [1.807, 2.05) is 26.0 Å². The SMILES string of the molecule is Cc1cc(F)ccc1-c1ccc(CNC(C)CO)o1. The minimum Gasteiger partial charge on any atom is -0.460 e. The van der Waals surface area contributed by atoms with E-state index in [1.165, 1.54) is 12.1 Å². The summed E-state index contributed by atoms with van der Waals surface area (Å²) in [4.78, 5) is 0. The van der Waals surface area contributed by atoms with E-state index in [0.717, 1.165) is 22.6 Å². The predicted octanol–water partition coefficient (Wildman–Crippen LogP) is 2.86. The monoisotopic (exact) mass is 263 g/mol. The lowest BCUT2D eigenvalue weighted by atomic mass is 10.1. The number of benzene rings is 1. The maximum atomic E-state index is 13.1. The summed E-state index contributed by atoms with van der Waals surface area (Å²) in [6, 6.07) is 8.43. The first-order valence-electron chi connectivity index (χ1n) is 6.29. The van der Waals surface area contributed by atoms with Crippen LogP contribution in [0.2, 0.25) is 0 Å². The molecule has 19 heavy (non-hydrogen) atoms. The zero-order valence-electron chi connectivity index (χ0n) is 11.1. The van der Waals surface area contributed by atoms with Crippen molar-refractivity contribution < 1.29 is 13.9 Å². The topological polar surface area (TPSA) is 45.4 Å². The molecule has 1 atom stereocenters. The molecule has 1 aromatic heterocycles. The molecule has 0 saturated carbocycles. The zero-order chi connectivity index (χ0) is 13.8. The van der Waals surface area contributed by atoms with Crippen LogP contribution in [0.3, 0.4) is 0 Å². The average Bonchev–Trinajstić information content (AvgIpc) is 2.84. The molecule has 0 aliphatic carbocycles. The van der Waals surface area contributed by atoms with Gasteiger partial charge in [0.1, 0.15) is 17.3 Å². The molecule has 0 spiro atoms. The number of nitrogens with one attached hydrogen (secondary N) is 1. The van der Waals surface area contributed by atoms with Crippen molar-refractivity contribution in [3.8, 4) is 11.3 Å². The third-order valence-corrected chi connectivity index (χ3v) is 3.01. The fourth-order valence-corrected chi connectivity index (χ4v) is 1.86. The van der Waals surface area contributed by atoms with Crippen LogP contribution >= 0.6 is 0 Å². The number of aliphatic hydroxyl groups excluding tert-OH is 1. The third kappa shape index (κ3) is 3.43. The molecule has 0 aliphatic heterocycles. The minimum absolute atomic E-state index is 0.0288. The molecule has 2 rings (SSSR count). The fraction of sp³-hybridized carbons (Fsp3) is 0.333. The highest BCUT2D eigenvalue weighted by molar-refractivity contribution is 5.62. The van der Waals surface area contributed by atoms with Crippen LogP contribution in [-0.2, 0) is 6.54 Å². The number of aryl methyl sites for hydroxylation is 1. The summed E-state index contributed by atoms with van der Waals surface area (Å²) in [7, 11) is 0. The molecule has 0 saturated heterocycles. The Balaban J connectivity index is 2.12. The van der Waals surface area contributed by atoms with Gasteiger partial charge < -0.3 is 14.8 Å². The highest BCUT2D eigenvalue weighted by Gasteiger charge is 2.09. The summed E-state index contributed by atoms with van der Waals surface area (Å²) in [5.41, 5.74) is 1.74. The Bertz CT molecular complexity index is 551. The van der Waals surface area contributed by atoms with E-state index in [9.17, 15) is 4.39 Å². The van der Waals surface area contributed by atoms with Crippen molar-refractivity contribution in [3.05, 3.63) is 47.5 Å². The lowest BCUT2D eigenvalue weighted by molar-refractivity contribution is 0.248. The molecule has 3 nitrogen and oxygen atoms in total. The smallest absolute Gasteiger partial charge is 0.134 e. The molecule has 2 N–H and O–H groups in total. The number of rotatable bonds is 5. The first kappa shape index (κ1) is 13.8. The molecule has 2 aromatic rings. The Morgan fingerprint density at radius 3 is 2.79 bits per heavy atom. The van der Waals surface area contributed by atoms with E-state index in [-0.39, 0.29) is 18.5 Å². The van der Waals surface area contributed by atoms with Crippen molar-refractivity contribution in [2.75, 3.05) is 6.61 Å². The largest absolute Gasteiger partial charge is 0.460 e. The van der Waals surface area contributed by atoms with Crippen LogP contribution in [0.4, 0.5) is 4.39 Å². The van der Waals surface area contributed by atoms with Gasteiger partial charge in [-0.05, 0) is 49.7 Å². The lowest BCUT2D eigenvalue weighted by Crippen LogP contribution is -2.28. The molecular formula is C15H18FNO2. The van der Waals surface area contributed by atoms with Crippen molar-refractivity contribution in [3.63, 3.8) is 0 Å². The normalized spacial score (nSPS) is 12.6. The van der Waals surface area contributed by atoms with Gasteiger partial charge in [0.05, 0.1) is 13.2 Å². The Kier molecular flexibility index (Phi) is 4.35. The molecule has 0 fully saturated rings. The second-order valence-electron chi connectivity index (χ2n) is 4.69. The van der Waals surface area contributed by atoms with Gasteiger partial charge in [0.25, 0.3) is 0 Å². The quantitative estimate of drug-likeness (QED) is 0.872. The summed E-state index contributed by atoms with van der Waals surface area (Å²) in [5, 5.41) is 12.1. The molecule has 1 unspecified atom stereocenters. The van der Waals surface area contributed by atoms with Gasteiger partial charge in [0.2, 0.25) is 0 Å². The zero-order valence-corrected chi connectivity index (χ0v) is 11.1. The average molecular weight is 263 g/mol. The van der Waals surface area contributed by atoms with Crippen LogP contribution < -0.4 is 5.32 Å². The van der Waals surface area contributed by atoms with Gasteiger partial charge in [-0.2, -0.15) is 0 Å². The first-order chi connectivity index (χ1) is 9.10. The molecule has 102 valence electrons. The number of halogens is 1. The van der Waals surface area contributed by atoms with Gasteiger partial charge in [-0.25, -0.2) is 4.39 Å². The molecular weight excluding hydrogens is 245 g/mol. The standard InChI is InChI=1S/C15H18FNO2/c1-10-7-12(16)3-5-14(10)15-6-4-13(19-15)8-17-11(2)9-18/h3-7,11,17-18H,8-9H2,1-2H3. The van der Waals surface area contributed by atoms with E-state index in [0.29, 0.717) is 6.54 Å². The molecule has 1 heterocycles. The molecule has 1 aromatic carbocycles. The van der Waals surface area contributed by atoms with Gasteiger partial charge in [-0.1, -0.05) is 0 Å². The van der Waals surface area contributed by atoms with Crippen molar-refractivity contribution >= 4 is 0 Å². The molecule has 0 aliphatic rings. The number of hydrogen-bond acceptors (Lipinski definition) is 3. The summed E-state index contributed by atoms with van der Waals surface area (Å²) in [6.07, 6.45) is 0. The van der Waals surface area contributed by atoms with Crippen LogP contribution in [0.1, 0.15) is 18.2 Å². The predicted molar refractivity (Wildman–Crippen MR) is 72.2 cm³/mol. The number of aliphatic hydroxyl groups is 1. The van der Waals surface area contributed by atoms with Crippen LogP contribution in [0.15, 0.2) is 34.7 Å². The van der Waals surface area contributed by atoms with Crippen LogP contribution in [-0.4, -0.2) is 17.8 Å². The minimum atomic E-state index is -0.244. The van der Waals surface area contributed by atoms with E-state index in [1.54, 1.807) is 6.07 Å². The van der Waals surface area contributed by atoms with Crippen LogP contribution in [0.25, 0.3) is 11.3 Å². The summed E-state index contributed by atoms with van der Waals surface area (Å²) in [5.74, 6) is 1.27. The maximum Gasteiger partial charge on any atom is 0.134 e. The number of hydrogen-bond donors (Lipinski definition) is 2. The fourth-order valence-electron chi connectivity index (χ4n) is 1.86. The van der Waals surface area contributed by atoms with Crippen molar-refractivity contribution in [2.45, 2.75) is 26.4 Å². The lowest BCUT2D eigenvalue weighted by Gasteiger charge is -2.08. The van der Waals surface area contributed by atoms with Crippen LogP contribution in [0, 0.1) is 12.7 Å². The second-order valence-corrected chi connectivity index (χ2v) is 4.69. The van der Waals surface area contributed by atoms with E-state index in [2.05, 4.69) is 5.32 Å². The van der Waals surface area contributed by atoms with Gasteiger partial charge in [0, 0.05) is 11.6 Å². The second kappa shape index (κ2) is 5.99. The van der Waals surface area contributed by atoms with Gasteiger partial charge in [-0.3, -0.25) is 0 Å². The van der Waals surface area contributed by atoms with Gasteiger partial charge >= 0.3 is 0 Å². The third-order valence-electron chi connectivity index (χ3n) is 3.01. The Morgan fingerprint density at radius 2 is 2.11 bits per heavy atom. The Morgan fingerprint density at radius 1 is 1.32 bits per heavy atom. The molecule has 4 heteroatoms. The Labute approximate surface area is 112 Å². The van der Waals surface area contributed by atoms with Crippen molar-refractivity contribution in [1.82, 2.24) is 5.32 Å². The van der Waals surface area contributed by atoms with Crippen molar-refractivity contribution in [2.24, 2.45) is 0 Å². The van der Waals surface area contributed by atoms with E-state index < -0.39 is 0 Å². The van der Waals surface area contributed by atoms with E-state index in [4.69, 9.17) is 9.52 Å². The van der Waals surface area contributed by atoms with Crippen LogP contribution in [0.5, 0.6) is 0 Å². The summed E-state index contributed by atoms with van der Waals surface area (Å²) < 4.78 is 18.8. The first-order valence-corrected chi connectivity index (χ1v) is 6.29. The molecule has 0 amide bonds. The van der Waals surface area contributed by atoms with Crippen molar-refractivity contribution in [1.29, 1.82) is 0 Å². The highest BCUT2D eigenvalue weighted by Crippen LogP contribution is 2.26. The van der Waals surface area contributed by atoms with Gasteiger partial charge in [0.15, 0.2) is 0 Å². The summed E-state index contributed by atoms with van der Waals surface area (Å²) in [6.45, 7) is 4.40. The maximum absolute atomic E-state index is 13.1. The highest BCUT2D eigenvalue weighted by atomic mass is 19.1. The summed E-state index contributed by atoms with van der Waals surface area (Å²) >= 11 is 0. The Hall–Kier alpha value is -1.65.